The van der Waals surface area contributed by atoms with Gasteiger partial charge in [-0.05, 0) is 49.2 Å². The van der Waals surface area contributed by atoms with Crippen LogP contribution in [0.3, 0.4) is 0 Å². The van der Waals surface area contributed by atoms with E-state index in [4.69, 9.17) is 21.3 Å². The first kappa shape index (κ1) is 21.0. The largest absolute Gasteiger partial charge is 0.491 e. The summed E-state index contributed by atoms with van der Waals surface area (Å²) in [5.41, 5.74) is 2.09. The molecule has 0 saturated heterocycles. The van der Waals surface area contributed by atoms with Crippen LogP contribution in [-0.4, -0.2) is 27.4 Å². The Hall–Kier alpha value is -1.75. The Balaban J connectivity index is 0.00000225. The molecule has 0 spiro atoms. The van der Waals surface area contributed by atoms with E-state index in [1.54, 1.807) is 12.1 Å². The van der Waals surface area contributed by atoms with Crippen molar-refractivity contribution >= 4 is 35.0 Å². The van der Waals surface area contributed by atoms with Crippen molar-refractivity contribution in [2.45, 2.75) is 50.7 Å². The fourth-order valence-corrected chi connectivity index (χ4v) is 4.07. The average Bonchev–Trinajstić information content (AvgIpc) is 3.07. The second kappa shape index (κ2) is 9.64. The molecule has 0 amide bonds. The van der Waals surface area contributed by atoms with Crippen molar-refractivity contribution in [3.8, 4) is 5.75 Å². The Kier molecular flexibility index (Phi) is 7.22. The van der Waals surface area contributed by atoms with Gasteiger partial charge in [-0.3, -0.25) is 0 Å². The molecule has 1 saturated carbocycles. The Bertz CT molecular complexity index is 889. The Morgan fingerprint density at radius 1 is 1.07 bits per heavy atom. The maximum Gasteiger partial charge on any atom is 0.119 e. The van der Waals surface area contributed by atoms with Gasteiger partial charge in [0.15, 0.2) is 0 Å². The van der Waals surface area contributed by atoms with Crippen molar-refractivity contribution < 1.29 is 9.84 Å². The number of para-hydroxylation sites is 2. The van der Waals surface area contributed by atoms with Crippen molar-refractivity contribution in [1.29, 1.82) is 0 Å². The number of aliphatic hydroxyl groups is 1. The summed E-state index contributed by atoms with van der Waals surface area (Å²) in [7, 11) is 0. The highest BCUT2D eigenvalue weighted by Crippen LogP contribution is 2.34. The fraction of sp³-hybridized carbons (Fsp3) is 0.409. The van der Waals surface area contributed by atoms with Crippen LogP contribution in [-0.2, 0) is 6.54 Å². The van der Waals surface area contributed by atoms with E-state index < -0.39 is 6.10 Å². The van der Waals surface area contributed by atoms with Crippen LogP contribution in [0.4, 0.5) is 0 Å². The predicted molar refractivity (Wildman–Crippen MR) is 116 cm³/mol. The number of hydrogen-bond acceptors (Lipinski definition) is 3. The predicted octanol–water partition coefficient (Wildman–Crippen LogP) is 5.60. The number of halogens is 2. The average molecular weight is 421 g/mol. The number of ether oxygens (including phenoxy) is 1. The second-order valence-electron chi connectivity index (χ2n) is 7.32. The van der Waals surface area contributed by atoms with Gasteiger partial charge in [0.1, 0.15) is 24.3 Å². The molecular formula is C22H26Cl2N2O2. The summed E-state index contributed by atoms with van der Waals surface area (Å²) in [6, 6.07) is 15.4. The minimum atomic E-state index is -0.611. The third kappa shape index (κ3) is 4.80. The molecule has 3 aromatic rings. The van der Waals surface area contributed by atoms with Gasteiger partial charge in [0.05, 0.1) is 17.6 Å². The lowest BCUT2D eigenvalue weighted by Gasteiger charge is -2.23. The summed E-state index contributed by atoms with van der Waals surface area (Å²) in [6.45, 7) is 0.720. The third-order valence-corrected chi connectivity index (χ3v) is 5.56. The molecule has 0 aliphatic heterocycles. The summed E-state index contributed by atoms with van der Waals surface area (Å²) >= 11 is 5.90. The number of fused-ring (bicyclic) bond motifs is 1. The van der Waals surface area contributed by atoms with E-state index in [1.165, 1.54) is 32.1 Å². The van der Waals surface area contributed by atoms with Crippen molar-refractivity contribution in [2.75, 3.05) is 6.61 Å². The van der Waals surface area contributed by atoms with Crippen LogP contribution in [0.2, 0.25) is 5.02 Å². The van der Waals surface area contributed by atoms with E-state index in [-0.39, 0.29) is 19.0 Å². The molecule has 1 N–H and O–H groups in total. The van der Waals surface area contributed by atoms with Gasteiger partial charge >= 0.3 is 0 Å². The number of rotatable bonds is 6. The molecule has 150 valence electrons. The minimum Gasteiger partial charge on any atom is -0.491 e. The van der Waals surface area contributed by atoms with Gasteiger partial charge in [0, 0.05) is 10.9 Å². The van der Waals surface area contributed by atoms with Crippen molar-refractivity contribution in [1.82, 2.24) is 9.55 Å². The zero-order chi connectivity index (χ0) is 18.6. The van der Waals surface area contributed by atoms with E-state index in [9.17, 15) is 5.11 Å². The van der Waals surface area contributed by atoms with Gasteiger partial charge in [-0.1, -0.05) is 43.0 Å². The highest BCUT2D eigenvalue weighted by molar-refractivity contribution is 6.30. The number of benzene rings is 2. The molecule has 4 nitrogen and oxygen atoms in total. The topological polar surface area (TPSA) is 47.3 Å². The summed E-state index contributed by atoms with van der Waals surface area (Å²) in [5.74, 6) is 2.30. The lowest BCUT2D eigenvalue weighted by molar-refractivity contribution is 0.0922. The molecule has 1 aliphatic rings. The molecule has 1 heterocycles. The SMILES string of the molecule is Cl.OC(COc1ccc(Cl)cc1)Cn1c(C2CCCCC2)nc2ccccc21. The Morgan fingerprint density at radius 3 is 2.54 bits per heavy atom. The summed E-state index contributed by atoms with van der Waals surface area (Å²) in [5, 5.41) is 11.3. The normalized spacial score (nSPS) is 15.9. The highest BCUT2D eigenvalue weighted by atomic mass is 35.5. The van der Waals surface area contributed by atoms with Gasteiger partial charge in [0.2, 0.25) is 0 Å². The van der Waals surface area contributed by atoms with Crippen LogP contribution < -0.4 is 4.74 Å². The summed E-state index contributed by atoms with van der Waals surface area (Å²) in [6.07, 6.45) is 5.59. The van der Waals surface area contributed by atoms with Gasteiger partial charge in [0.25, 0.3) is 0 Å². The number of aliphatic hydroxyl groups excluding tert-OH is 1. The maximum atomic E-state index is 10.6. The van der Waals surface area contributed by atoms with E-state index in [0.717, 1.165) is 16.9 Å². The van der Waals surface area contributed by atoms with Crippen LogP contribution in [0, 0.1) is 0 Å². The molecule has 1 aliphatic carbocycles. The Morgan fingerprint density at radius 2 is 1.79 bits per heavy atom. The number of nitrogens with zero attached hydrogens (tertiary/aromatic N) is 2. The van der Waals surface area contributed by atoms with E-state index in [2.05, 4.69) is 16.7 Å². The van der Waals surface area contributed by atoms with Gasteiger partial charge in [-0.15, -0.1) is 12.4 Å². The van der Waals surface area contributed by atoms with Gasteiger partial charge < -0.3 is 14.4 Å². The molecule has 6 heteroatoms. The monoisotopic (exact) mass is 420 g/mol. The first-order chi connectivity index (χ1) is 13.2. The lowest BCUT2D eigenvalue weighted by atomic mass is 9.88. The summed E-state index contributed by atoms with van der Waals surface area (Å²) < 4.78 is 7.92. The third-order valence-electron chi connectivity index (χ3n) is 5.30. The van der Waals surface area contributed by atoms with Crippen molar-refractivity contribution in [3.63, 3.8) is 0 Å². The van der Waals surface area contributed by atoms with Crippen LogP contribution >= 0.6 is 24.0 Å². The molecule has 1 unspecified atom stereocenters. The van der Waals surface area contributed by atoms with Crippen molar-refractivity contribution in [2.24, 2.45) is 0 Å². The molecule has 1 atom stereocenters. The first-order valence-corrected chi connectivity index (χ1v) is 10.1. The number of aromatic nitrogens is 2. The smallest absolute Gasteiger partial charge is 0.119 e. The number of imidazole rings is 1. The van der Waals surface area contributed by atoms with E-state index in [0.29, 0.717) is 23.2 Å². The van der Waals surface area contributed by atoms with Gasteiger partial charge in [-0.2, -0.15) is 0 Å². The zero-order valence-corrected chi connectivity index (χ0v) is 17.3. The summed E-state index contributed by atoms with van der Waals surface area (Å²) in [4.78, 5) is 4.91. The van der Waals surface area contributed by atoms with Crippen LogP contribution in [0.25, 0.3) is 11.0 Å². The Labute approximate surface area is 176 Å². The minimum absolute atomic E-state index is 0. The molecular weight excluding hydrogens is 395 g/mol. The van der Waals surface area contributed by atoms with Crippen LogP contribution in [0.1, 0.15) is 43.8 Å². The molecule has 0 bridgehead atoms. The fourth-order valence-electron chi connectivity index (χ4n) is 3.95. The quantitative estimate of drug-likeness (QED) is 0.564. The number of hydrogen-bond donors (Lipinski definition) is 1. The van der Waals surface area contributed by atoms with Crippen LogP contribution in [0.5, 0.6) is 5.75 Å². The molecule has 28 heavy (non-hydrogen) atoms. The molecule has 1 aromatic heterocycles. The van der Waals surface area contributed by atoms with Crippen molar-refractivity contribution in [3.05, 3.63) is 59.4 Å². The molecule has 0 radical (unpaired) electrons. The second-order valence-corrected chi connectivity index (χ2v) is 7.76. The molecule has 1 fully saturated rings. The van der Waals surface area contributed by atoms with E-state index in [1.807, 2.05) is 24.3 Å². The zero-order valence-electron chi connectivity index (χ0n) is 15.8. The lowest BCUT2D eigenvalue weighted by Crippen LogP contribution is -2.25. The highest BCUT2D eigenvalue weighted by Gasteiger charge is 2.23. The van der Waals surface area contributed by atoms with Crippen LogP contribution in [0.15, 0.2) is 48.5 Å². The maximum absolute atomic E-state index is 10.6. The van der Waals surface area contributed by atoms with Gasteiger partial charge in [-0.25, -0.2) is 4.98 Å². The van der Waals surface area contributed by atoms with E-state index >= 15 is 0 Å². The molecule has 4 rings (SSSR count). The molecule has 2 aromatic carbocycles. The first-order valence-electron chi connectivity index (χ1n) is 9.72. The standard InChI is InChI=1S/C22H25ClN2O2.ClH/c23-17-10-12-19(13-11-17)27-15-18(26)14-25-21-9-5-4-8-20(21)24-22(25)16-6-2-1-3-7-16;/h4-5,8-13,16,18,26H,1-3,6-7,14-15H2;1H.